The molecule has 1 aliphatic carbocycles. The van der Waals surface area contributed by atoms with E-state index in [-0.39, 0.29) is 5.92 Å². The van der Waals surface area contributed by atoms with Crippen LogP contribution in [0.3, 0.4) is 0 Å². The average molecular weight is 499 g/mol. The van der Waals surface area contributed by atoms with Gasteiger partial charge < -0.3 is 9.47 Å². The molecule has 150 valence electrons. The summed E-state index contributed by atoms with van der Waals surface area (Å²) < 4.78 is 13.2. The lowest BCUT2D eigenvalue weighted by molar-refractivity contribution is 0.200. The standard InChI is InChI=1S/C25H26INO2/c1-28-24-17-23(26)22(16-25(24)29-20-9-5-6-10-20)21(19-7-3-2-4-8-19)15-18-11-13-27-14-12-18/h2-4,7-8,11-14,16-17,20-21H,5-6,9-10,15H2,1H3/t21-/m1/s1. The van der Waals surface area contributed by atoms with Crippen LogP contribution in [0.15, 0.2) is 67.0 Å². The van der Waals surface area contributed by atoms with Crippen molar-refractivity contribution >= 4 is 22.6 Å². The molecule has 0 unspecified atom stereocenters. The summed E-state index contributed by atoms with van der Waals surface area (Å²) in [5.74, 6) is 1.92. The first kappa shape index (κ1) is 20.2. The number of ether oxygens (including phenoxy) is 2. The van der Waals surface area contributed by atoms with E-state index in [1.54, 1.807) is 7.11 Å². The number of halogens is 1. The number of rotatable bonds is 7. The largest absolute Gasteiger partial charge is 0.493 e. The van der Waals surface area contributed by atoms with E-state index in [4.69, 9.17) is 9.47 Å². The zero-order valence-electron chi connectivity index (χ0n) is 16.7. The Hall–Kier alpha value is -2.08. The molecule has 0 saturated heterocycles. The molecule has 29 heavy (non-hydrogen) atoms. The molecule has 1 atom stereocenters. The van der Waals surface area contributed by atoms with Gasteiger partial charge in [0.25, 0.3) is 0 Å². The summed E-state index contributed by atoms with van der Waals surface area (Å²) in [4.78, 5) is 4.17. The van der Waals surface area contributed by atoms with Gasteiger partial charge in [-0.05, 0) is 95.7 Å². The van der Waals surface area contributed by atoms with E-state index in [2.05, 4.69) is 82.2 Å². The van der Waals surface area contributed by atoms with Gasteiger partial charge in [0.1, 0.15) is 0 Å². The topological polar surface area (TPSA) is 31.4 Å². The maximum Gasteiger partial charge on any atom is 0.161 e. The summed E-state index contributed by atoms with van der Waals surface area (Å²) in [5.41, 5.74) is 3.86. The Balaban J connectivity index is 1.74. The number of methoxy groups -OCH3 is 1. The first-order valence-corrected chi connectivity index (χ1v) is 11.3. The molecule has 3 aromatic rings. The molecule has 0 spiro atoms. The molecule has 1 heterocycles. The molecular weight excluding hydrogens is 473 g/mol. The van der Waals surface area contributed by atoms with Gasteiger partial charge >= 0.3 is 0 Å². The van der Waals surface area contributed by atoms with Crippen molar-refractivity contribution in [3.05, 3.63) is 87.3 Å². The van der Waals surface area contributed by atoms with Crippen molar-refractivity contribution in [2.24, 2.45) is 0 Å². The second-order valence-corrected chi connectivity index (χ2v) is 8.73. The Bertz CT molecular complexity index is 924. The minimum atomic E-state index is 0.238. The average Bonchev–Trinajstić information content (AvgIpc) is 3.28. The fourth-order valence-electron chi connectivity index (χ4n) is 4.10. The van der Waals surface area contributed by atoms with Crippen LogP contribution in [0, 0.1) is 3.57 Å². The highest BCUT2D eigenvalue weighted by atomic mass is 127. The number of nitrogens with zero attached hydrogens (tertiary/aromatic N) is 1. The lowest BCUT2D eigenvalue weighted by atomic mass is 9.86. The first-order valence-electron chi connectivity index (χ1n) is 10.2. The third-order valence-electron chi connectivity index (χ3n) is 5.65. The molecule has 3 nitrogen and oxygen atoms in total. The number of hydrogen-bond acceptors (Lipinski definition) is 3. The SMILES string of the molecule is COc1cc(I)c([C@H](Cc2ccncc2)c2ccccc2)cc1OC1CCCC1. The van der Waals surface area contributed by atoms with Crippen LogP contribution >= 0.6 is 22.6 Å². The third-order valence-corrected chi connectivity index (χ3v) is 6.58. The van der Waals surface area contributed by atoms with Crippen molar-refractivity contribution in [2.75, 3.05) is 7.11 Å². The van der Waals surface area contributed by atoms with Gasteiger partial charge in [0.05, 0.1) is 13.2 Å². The van der Waals surface area contributed by atoms with Crippen molar-refractivity contribution < 1.29 is 9.47 Å². The smallest absolute Gasteiger partial charge is 0.161 e. The molecule has 1 aromatic heterocycles. The van der Waals surface area contributed by atoms with Crippen LogP contribution in [-0.4, -0.2) is 18.2 Å². The van der Waals surface area contributed by atoms with E-state index in [0.29, 0.717) is 6.10 Å². The molecule has 4 rings (SSSR count). The van der Waals surface area contributed by atoms with Gasteiger partial charge in [-0.2, -0.15) is 0 Å². The second-order valence-electron chi connectivity index (χ2n) is 7.57. The van der Waals surface area contributed by atoms with Crippen molar-refractivity contribution in [1.29, 1.82) is 0 Å². The van der Waals surface area contributed by atoms with Crippen LogP contribution in [0.4, 0.5) is 0 Å². The van der Waals surface area contributed by atoms with Crippen LogP contribution < -0.4 is 9.47 Å². The highest BCUT2D eigenvalue weighted by molar-refractivity contribution is 14.1. The van der Waals surface area contributed by atoms with Gasteiger partial charge in [-0.25, -0.2) is 0 Å². The van der Waals surface area contributed by atoms with E-state index in [1.165, 1.54) is 33.1 Å². The molecule has 1 aliphatic rings. The molecule has 0 bridgehead atoms. The normalized spacial score (nSPS) is 15.2. The molecule has 0 N–H and O–H groups in total. The van der Waals surface area contributed by atoms with Crippen molar-refractivity contribution in [2.45, 2.75) is 44.1 Å². The zero-order valence-corrected chi connectivity index (χ0v) is 18.8. The Labute approximate surface area is 186 Å². The van der Waals surface area contributed by atoms with Crippen molar-refractivity contribution in [3.8, 4) is 11.5 Å². The van der Waals surface area contributed by atoms with Gasteiger partial charge in [0.15, 0.2) is 11.5 Å². The van der Waals surface area contributed by atoms with Gasteiger partial charge in [-0.3, -0.25) is 4.98 Å². The van der Waals surface area contributed by atoms with Gasteiger partial charge in [0.2, 0.25) is 0 Å². The summed E-state index contributed by atoms with van der Waals surface area (Å²) in [7, 11) is 1.72. The Morgan fingerprint density at radius 3 is 2.41 bits per heavy atom. The minimum absolute atomic E-state index is 0.238. The van der Waals surface area contributed by atoms with Gasteiger partial charge in [0, 0.05) is 21.9 Å². The van der Waals surface area contributed by atoms with E-state index in [0.717, 1.165) is 30.8 Å². The van der Waals surface area contributed by atoms with Crippen molar-refractivity contribution in [1.82, 2.24) is 4.98 Å². The molecule has 4 heteroatoms. The first-order chi connectivity index (χ1) is 14.2. The van der Waals surface area contributed by atoms with Crippen LogP contribution in [0.25, 0.3) is 0 Å². The lowest BCUT2D eigenvalue weighted by Crippen LogP contribution is -2.13. The van der Waals surface area contributed by atoms with Crippen LogP contribution in [0.2, 0.25) is 0 Å². The molecule has 1 fully saturated rings. The van der Waals surface area contributed by atoms with Crippen LogP contribution in [0.1, 0.15) is 48.3 Å². The van der Waals surface area contributed by atoms with Crippen LogP contribution in [0.5, 0.6) is 11.5 Å². The summed E-state index contributed by atoms with van der Waals surface area (Å²) in [6, 6.07) is 19.2. The molecular formula is C25H26INO2. The number of aromatic nitrogens is 1. The summed E-state index contributed by atoms with van der Waals surface area (Å²) in [6.45, 7) is 0. The number of pyridine rings is 1. The Morgan fingerprint density at radius 2 is 1.72 bits per heavy atom. The predicted octanol–water partition coefficient (Wildman–Crippen LogP) is 6.39. The van der Waals surface area contributed by atoms with E-state index in [1.807, 2.05) is 12.4 Å². The number of hydrogen-bond donors (Lipinski definition) is 0. The van der Waals surface area contributed by atoms with E-state index in [9.17, 15) is 0 Å². The zero-order chi connectivity index (χ0) is 20.1. The predicted molar refractivity (Wildman–Crippen MR) is 125 cm³/mol. The Kier molecular flexibility index (Phi) is 6.70. The highest BCUT2D eigenvalue weighted by Crippen LogP contribution is 2.40. The molecule has 0 aliphatic heterocycles. The van der Waals surface area contributed by atoms with E-state index < -0.39 is 0 Å². The Morgan fingerprint density at radius 1 is 1.00 bits per heavy atom. The van der Waals surface area contributed by atoms with E-state index >= 15 is 0 Å². The monoisotopic (exact) mass is 499 g/mol. The summed E-state index contributed by atoms with van der Waals surface area (Å²) >= 11 is 2.43. The van der Waals surface area contributed by atoms with Gasteiger partial charge in [-0.1, -0.05) is 30.3 Å². The van der Waals surface area contributed by atoms with Crippen molar-refractivity contribution in [3.63, 3.8) is 0 Å². The summed E-state index contributed by atoms with van der Waals surface area (Å²) in [5, 5.41) is 0. The fraction of sp³-hybridized carbons (Fsp3) is 0.320. The molecule has 0 amide bonds. The second kappa shape index (κ2) is 9.61. The maximum absolute atomic E-state index is 6.39. The molecule has 2 aromatic carbocycles. The molecule has 1 saturated carbocycles. The summed E-state index contributed by atoms with van der Waals surface area (Å²) in [6.07, 6.45) is 9.70. The fourth-order valence-corrected chi connectivity index (χ4v) is 4.92. The highest BCUT2D eigenvalue weighted by Gasteiger charge is 2.23. The van der Waals surface area contributed by atoms with Crippen LogP contribution in [-0.2, 0) is 6.42 Å². The minimum Gasteiger partial charge on any atom is -0.493 e. The molecule has 0 radical (unpaired) electrons. The lowest BCUT2D eigenvalue weighted by Gasteiger charge is -2.23. The third kappa shape index (κ3) is 4.92. The number of benzene rings is 2. The maximum atomic E-state index is 6.39. The quantitative estimate of drug-likeness (QED) is 0.353. The van der Waals surface area contributed by atoms with Gasteiger partial charge in [-0.15, -0.1) is 0 Å².